The normalized spacial score (nSPS) is 12.9. The van der Waals surface area contributed by atoms with Crippen molar-refractivity contribution in [2.75, 3.05) is 6.54 Å². The van der Waals surface area contributed by atoms with Crippen molar-refractivity contribution in [2.24, 2.45) is 0 Å². The number of carbonyl (C=O) groups is 2. The number of hydrogen-bond donors (Lipinski definition) is 3. The summed E-state index contributed by atoms with van der Waals surface area (Å²) in [6.07, 6.45) is 0. The summed E-state index contributed by atoms with van der Waals surface area (Å²) in [5.74, 6) is -0.380. The lowest BCUT2D eigenvalue weighted by molar-refractivity contribution is -0.122. The lowest BCUT2D eigenvalue weighted by atomic mass is 10.0. The van der Waals surface area contributed by atoms with Crippen LogP contribution < -0.4 is 16.0 Å². The first-order valence-corrected chi connectivity index (χ1v) is 8.06. The zero-order valence-corrected chi connectivity index (χ0v) is 14.0. The highest BCUT2D eigenvalue weighted by molar-refractivity contribution is 5.97. The van der Waals surface area contributed by atoms with Crippen LogP contribution in [0.4, 0.5) is 4.79 Å². The molecular weight excluding hydrogens is 302 g/mol. The quantitative estimate of drug-likeness (QED) is 0.765. The summed E-state index contributed by atoms with van der Waals surface area (Å²) in [5.41, 5.74) is 1.88. The van der Waals surface area contributed by atoms with Crippen LogP contribution in [0.3, 0.4) is 0 Å². The van der Waals surface area contributed by atoms with E-state index in [1.807, 2.05) is 67.6 Å². The van der Waals surface area contributed by atoms with Crippen molar-refractivity contribution in [1.82, 2.24) is 16.0 Å². The lowest BCUT2D eigenvalue weighted by Gasteiger charge is -2.23. The molecule has 0 heterocycles. The molecule has 0 saturated carbocycles. The van der Waals surface area contributed by atoms with Crippen molar-refractivity contribution in [3.05, 3.63) is 71.8 Å². The van der Waals surface area contributed by atoms with Crippen LogP contribution in [0.25, 0.3) is 0 Å². The molecule has 0 spiro atoms. The minimum Gasteiger partial charge on any atom is -0.338 e. The summed E-state index contributed by atoms with van der Waals surface area (Å²) in [4.78, 5) is 24.2. The third-order valence-corrected chi connectivity index (χ3v) is 3.69. The van der Waals surface area contributed by atoms with E-state index in [4.69, 9.17) is 0 Å². The van der Waals surface area contributed by atoms with Gasteiger partial charge in [-0.1, -0.05) is 60.7 Å². The Kier molecular flexibility index (Phi) is 6.51. The molecule has 126 valence electrons. The van der Waals surface area contributed by atoms with E-state index < -0.39 is 12.1 Å². The fourth-order valence-corrected chi connectivity index (χ4v) is 2.45. The molecule has 5 nitrogen and oxygen atoms in total. The monoisotopic (exact) mass is 325 g/mol. The van der Waals surface area contributed by atoms with Gasteiger partial charge in [0.15, 0.2) is 0 Å². The maximum Gasteiger partial charge on any atom is 0.321 e. The number of amides is 3. The topological polar surface area (TPSA) is 70.2 Å². The summed E-state index contributed by atoms with van der Waals surface area (Å²) in [6, 6.07) is 18.1. The van der Waals surface area contributed by atoms with Gasteiger partial charge in [-0.15, -0.1) is 0 Å². The lowest BCUT2D eigenvalue weighted by Crippen LogP contribution is -2.45. The highest BCUT2D eigenvalue weighted by atomic mass is 16.2. The first-order chi connectivity index (χ1) is 11.6. The van der Waals surface area contributed by atoms with E-state index in [0.29, 0.717) is 6.54 Å². The molecule has 0 aliphatic rings. The van der Waals surface area contributed by atoms with Crippen molar-refractivity contribution in [2.45, 2.75) is 25.9 Å². The van der Waals surface area contributed by atoms with E-state index in [1.54, 1.807) is 6.92 Å². The summed E-state index contributed by atoms with van der Waals surface area (Å²) in [7, 11) is 0. The standard InChI is InChI=1S/C19H23N3O2/c1-3-20-19(24)22-18(23)17(16-12-8-5-9-13-16)21-14(2)15-10-6-4-7-11-15/h4-14,17,21H,3H2,1-2H3,(H2,20,22,23,24)/t14-,17+/m0/s1. The summed E-state index contributed by atoms with van der Waals surface area (Å²) in [5, 5.41) is 8.26. The number of rotatable bonds is 6. The molecule has 0 saturated heterocycles. The Morgan fingerprint density at radius 1 is 0.917 bits per heavy atom. The van der Waals surface area contributed by atoms with E-state index in [2.05, 4.69) is 16.0 Å². The molecule has 0 aromatic heterocycles. The van der Waals surface area contributed by atoms with Crippen molar-refractivity contribution in [1.29, 1.82) is 0 Å². The van der Waals surface area contributed by atoms with Gasteiger partial charge in [-0.05, 0) is 25.0 Å². The number of nitrogens with one attached hydrogen (secondary N) is 3. The van der Waals surface area contributed by atoms with Crippen LogP contribution in [0, 0.1) is 0 Å². The molecule has 0 radical (unpaired) electrons. The van der Waals surface area contributed by atoms with Crippen molar-refractivity contribution < 1.29 is 9.59 Å². The molecular formula is C19H23N3O2. The van der Waals surface area contributed by atoms with Crippen LogP contribution >= 0.6 is 0 Å². The predicted molar refractivity (Wildman–Crippen MR) is 94.4 cm³/mol. The first kappa shape index (κ1) is 17.7. The largest absolute Gasteiger partial charge is 0.338 e. The van der Waals surface area contributed by atoms with E-state index >= 15 is 0 Å². The molecule has 0 aliphatic carbocycles. The second-order valence-corrected chi connectivity index (χ2v) is 5.49. The fourth-order valence-electron chi connectivity index (χ4n) is 2.45. The van der Waals surface area contributed by atoms with Crippen LogP contribution in [-0.2, 0) is 4.79 Å². The third-order valence-electron chi connectivity index (χ3n) is 3.69. The van der Waals surface area contributed by atoms with Crippen molar-refractivity contribution in [3.63, 3.8) is 0 Å². The van der Waals surface area contributed by atoms with Gasteiger partial charge in [-0.2, -0.15) is 0 Å². The Morgan fingerprint density at radius 3 is 2.00 bits per heavy atom. The minimum atomic E-state index is -0.621. The smallest absolute Gasteiger partial charge is 0.321 e. The SMILES string of the molecule is CCNC(=O)NC(=O)[C@H](N[C@@H](C)c1ccccc1)c1ccccc1. The Bertz CT molecular complexity index is 659. The molecule has 2 aromatic carbocycles. The van der Waals surface area contributed by atoms with Gasteiger partial charge in [-0.25, -0.2) is 4.79 Å². The fraction of sp³-hybridized carbons (Fsp3) is 0.263. The highest BCUT2D eigenvalue weighted by Gasteiger charge is 2.24. The zero-order chi connectivity index (χ0) is 17.4. The molecule has 2 rings (SSSR count). The summed E-state index contributed by atoms with van der Waals surface area (Å²) in [6.45, 7) is 4.25. The summed E-state index contributed by atoms with van der Waals surface area (Å²) >= 11 is 0. The molecule has 5 heteroatoms. The van der Waals surface area contributed by atoms with Gasteiger partial charge in [0.1, 0.15) is 6.04 Å². The minimum absolute atomic E-state index is 0.0450. The van der Waals surface area contributed by atoms with Gasteiger partial charge < -0.3 is 5.32 Å². The molecule has 3 N–H and O–H groups in total. The Balaban J connectivity index is 2.17. The number of carbonyl (C=O) groups excluding carboxylic acids is 2. The second-order valence-electron chi connectivity index (χ2n) is 5.49. The maximum atomic E-state index is 12.6. The van der Waals surface area contributed by atoms with E-state index in [9.17, 15) is 9.59 Å². The molecule has 0 bridgehead atoms. The van der Waals surface area contributed by atoms with Crippen LogP contribution in [-0.4, -0.2) is 18.5 Å². The van der Waals surface area contributed by atoms with Gasteiger partial charge in [0, 0.05) is 12.6 Å². The Morgan fingerprint density at radius 2 is 1.46 bits per heavy atom. The molecule has 2 atom stereocenters. The molecule has 0 unspecified atom stereocenters. The second kappa shape index (κ2) is 8.84. The third kappa shape index (κ3) is 4.93. The number of hydrogen-bond acceptors (Lipinski definition) is 3. The summed E-state index contributed by atoms with van der Waals surface area (Å²) < 4.78 is 0. The van der Waals surface area contributed by atoms with Crippen molar-refractivity contribution in [3.8, 4) is 0 Å². The van der Waals surface area contributed by atoms with Gasteiger partial charge >= 0.3 is 6.03 Å². The molecule has 0 fully saturated rings. The number of urea groups is 1. The van der Waals surface area contributed by atoms with Gasteiger partial charge in [0.2, 0.25) is 5.91 Å². The van der Waals surface area contributed by atoms with Crippen LogP contribution in [0.5, 0.6) is 0 Å². The molecule has 0 aliphatic heterocycles. The van der Waals surface area contributed by atoms with E-state index in [1.165, 1.54) is 0 Å². The average Bonchev–Trinajstić information content (AvgIpc) is 2.61. The highest BCUT2D eigenvalue weighted by Crippen LogP contribution is 2.19. The van der Waals surface area contributed by atoms with Crippen LogP contribution in [0.2, 0.25) is 0 Å². The van der Waals surface area contributed by atoms with E-state index in [-0.39, 0.29) is 11.9 Å². The predicted octanol–water partition coefficient (Wildman–Crippen LogP) is 2.92. The zero-order valence-electron chi connectivity index (χ0n) is 14.0. The van der Waals surface area contributed by atoms with E-state index in [0.717, 1.165) is 11.1 Å². The van der Waals surface area contributed by atoms with Gasteiger partial charge in [0.05, 0.1) is 0 Å². The molecule has 3 amide bonds. The number of imide groups is 1. The van der Waals surface area contributed by atoms with Crippen molar-refractivity contribution >= 4 is 11.9 Å². The first-order valence-electron chi connectivity index (χ1n) is 8.06. The molecule has 2 aromatic rings. The Hall–Kier alpha value is -2.66. The molecule has 24 heavy (non-hydrogen) atoms. The number of benzene rings is 2. The van der Waals surface area contributed by atoms with Gasteiger partial charge in [-0.3, -0.25) is 15.4 Å². The maximum absolute atomic E-state index is 12.6. The average molecular weight is 325 g/mol. The van der Waals surface area contributed by atoms with Crippen LogP contribution in [0.15, 0.2) is 60.7 Å². The van der Waals surface area contributed by atoms with Crippen LogP contribution in [0.1, 0.15) is 37.1 Å². The van der Waals surface area contributed by atoms with Gasteiger partial charge in [0.25, 0.3) is 0 Å². The Labute approximate surface area is 142 Å².